The number of hydrogen-bond acceptors (Lipinski definition) is 1. The molecule has 1 N–H and O–H groups in total. The zero-order chi connectivity index (χ0) is 10.5. The van der Waals surface area contributed by atoms with Crippen LogP contribution in [0.3, 0.4) is 0 Å². The smallest absolute Gasteiger partial charge is 0.101 e. The molecule has 0 aliphatic rings. The standard InChI is InChI=1S/C13H10N2/c14-10-12(13-7-4-8-15-13)9-11-5-2-1-3-6-11/h1-9,15H. The highest BCUT2D eigenvalue weighted by Gasteiger charge is 2.00. The lowest BCUT2D eigenvalue weighted by atomic mass is 10.1. The first-order chi connectivity index (χ1) is 7.40. The third kappa shape index (κ3) is 2.15. The summed E-state index contributed by atoms with van der Waals surface area (Å²) in [6.45, 7) is 0. The molecule has 72 valence electrons. The molecule has 0 amide bonds. The summed E-state index contributed by atoms with van der Waals surface area (Å²) >= 11 is 0. The van der Waals surface area contributed by atoms with E-state index in [2.05, 4.69) is 11.1 Å². The van der Waals surface area contributed by atoms with Crippen LogP contribution in [0.5, 0.6) is 0 Å². The first kappa shape index (κ1) is 9.29. The first-order valence-electron chi connectivity index (χ1n) is 4.71. The molecule has 0 unspecified atom stereocenters. The van der Waals surface area contributed by atoms with Crippen molar-refractivity contribution in [2.24, 2.45) is 0 Å². The minimum atomic E-state index is 0.645. The fraction of sp³-hybridized carbons (Fsp3) is 0. The van der Waals surface area contributed by atoms with Crippen LogP contribution in [0.15, 0.2) is 48.7 Å². The van der Waals surface area contributed by atoms with Gasteiger partial charge in [-0.2, -0.15) is 5.26 Å². The first-order valence-corrected chi connectivity index (χ1v) is 4.71. The van der Waals surface area contributed by atoms with Crippen molar-refractivity contribution in [1.29, 1.82) is 5.26 Å². The van der Waals surface area contributed by atoms with Gasteiger partial charge in [0.25, 0.3) is 0 Å². The van der Waals surface area contributed by atoms with Crippen molar-refractivity contribution in [3.63, 3.8) is 0 Å². The highest BCUT2D eigenvalue weighted by molar-refractivity contribution is 5.88. The summed E-state index contributed by atoms with van der Waals surface area (Å²) in [5, 5.41) is 9.02. The zero-order valence-corrected chi connectivity index (χ0v) is 8.14. The molecule has 0 aliphatic carbocycles. The molecule has 2 rings (SSSR count). The molecule has 0 fully saturated rings. The number of H-pyrrole nitrogens is 1. The van der Waals surface area contributed by atoms with Gasteiger partial charge in [-0.15, -0.1) is 0 Å². The monoisotopic (exact) mass is 194 g/mol. The molecular weight excluding hydrogens is 184 g/mol. The number of aromatic amines is 1. The molecular formula is C13H10N2. The Balaban J connectivity index is 2.37. The van der Waals surface area contributed by atoms with Crippen molar-refractivity contribution < 1.29 is 0 Å². The Labute approximate surface area is 88.5 Å². The van der Waals surface area contributed by atoms with E-state index in [0.29, 0.717) is 5.57 Å². The maximum absolute atomic E-state index is 9.02. The zero-order valence-electron chi connectivity index (χ0n) is 8.14. The van der Waals surface area contributed by atoms with Crippen LogP contribution in [0.25, 0.3) is 11.6 Å². The molecule has 1 aromatic carbocycles. The average Bonchev–Trinajstić information content (AvgIpc) is 2.81. The average molecular weight is 194 g/mol. The summed E-state index contributed by atoms with van der Waals surface area (Å²) in [6.07, 6.45) is 3.68. The van der Waals surface area contributed by atoms with Gasteiger partial charge in [0, 0.05) is 6.20 Å². The number of allylic oxidation sites excluding steroid dienone is 1. The Kier molecular flexibility index (Phi) is 2.66. The third-order valence-corrected chi connectivity index (χ3v) is 2.12. The van der Waals surface area contributed by atoms with Crippen molar-refractivity contribution in [2.45, 2.75) is 0 Å². The van der Waals surface area contributed by atoms with Crippen LogP contribution in [-0.4, -0.2) is 4.98 Å². The van der Waals surface area contributed by atoms with Crippen LogP contribution in [-0.2, 0) is 0 Å². The lowest BCUT2D eigenvalue weighted by Crippen LogP contribution is -1.80. The molecule has 1 aromatic heterocycles. The summed E-state index contributed by atoms with van der Waals surface area (Å²) in [7, 11) is 0. The Morgan fingerprint density at radius 1 is 1.13 bits per heavy atom. The van der Waals surface area contributed by atoms with Crippen LogP contribution in [0, 0.1) is 11.3 Å². The molecule has 2 aromatic rings. The lowest BCUT2D eigenvalue weighted by Gasteiger charge is -1.95. The number of rotatable bonds is 2. The number of benzene rings is 1. The minimum Gasteiger partial charge on any atom is -0.361 e. The van der Waals surface area contributed by atoms with Crippen LogP contribution in [0.4, 0.5) is 0 Å². The molecule has 0 aliphatic heterocycles. The van der Waals surface area contributed by atoms with Gasteiger partial charge in [-0.1, -0.05) is 30.3 Å². The van der Waals surface area contributed by atoms with E-state index in [4.69, 9.17) is 5.26 Å². The van der Waals surface area contributed by atoms with E-state index >= 15 is 0 Å². The van der Waals surface area contributed by atoms with E-state index in [0.717, 1.165) is 11.3 Å². The second-order valence-electron chi connectivity index (χ2n) is 3.16. The number of nitriles is 1. The highest BCUT2D eigenvalue weighted by atomic mass is 14.7. The summed E-state index contributed by atoms with van der Waals surface area (Å²) in [6, 6.07) is 15.8. The van der Waals surface area contributed by atoms with Crippen LogP contribution in [0.2, 0.25) is 0 Å². The van der Waals surface area contributed by atoms with Crippen molar-refractivity contribution in [3.8, 4) is 6.07 Å². The highest BCUT2D eigenvalue weighted by Crippen LogP contribution is 2.15. The summed E-state index contributed by atoms with van der Waals surface area (Å²) in [5.41, 5.74) is 2.52. The fourth-order valence-corrected chi connectivity index (χ4v) is 1.38. The van der Waals surface area contributed by atoms with E-state index in [1.54, 1.807) is 0 Å². The predicted molar refractivity (Wildman–Crippen MR) is 60.7 cm³/mol. The Morgan fingerprint density at radius 3 is 2.53 bits per heavy atom. The number of aromatic nitrogens is 1. The molecule has 0 saturated heterocycles. The summed E-state index contributed by atoms with van der Waals surface area (Å²) < 4.78 is 0. The van der Waals surface area contributed by atoms with Gasteiger partial charge in [-0.25, -0.2) is 0 Å². The second-order valence-corrected chi connectivity index (χ2v) is 3.16. The van der Waals surface area contributed by atoms with Gasteiger partial charge in [-0.3, -0.25) is 0 Å². The van der Waals surface area contributed by atoms with E-state index in [-0.39, 0.29) is 0 Å². The molecule has 0 radical (unpaired) electrons. The van der Waals surface area contributed by atoms with E-state index < -0.39 is 0 Å². The van der Waals surface area contributed by atoms with Gasteiger partial charge >= 0.3 is 0 Å². The van der Waals surface area contributed by atoms with Crippen molar-refractivity contribution in [3.05, 3.63) is 59.9 Å². The van der Waals surface area contributed by atoms with Crippen molar-refractivity contribution >= 4 is 11.6 Å². The van der Waals surface area contributed by atoms with Gasteiger partial charge in [0.05, 0.1) is 11.3 Å². The largest absolute Gasteiger partial charge is 0.361 e. The third-order valence-electron chi connectivity index (χ3n) is 2.12. The van der Waals surface area contributed by atoms with Crippen LogP contribution >= 0.6 is 0 Å². The molecule has 0 atom stereocenters. The van der Waals surface area contributed by atoms with E-state index in [1.807, 2.05) is 54.7 Å². The molecule has 0 saturated carbocycles. The normalized spacial score (nSPS) is 11.0. The minimum absolute atomic E-state index is 0.645. The van der Waals surface area contributed by atoms with E-state index in [1.165, 1.54) is 0 Å². The summed E-state index contributed by atoms with van der Waals surface area (Å²) in [5.74, 6) is 0. The van der Waals surface area contributed by atoms with Gasteiger partial charge in [0.2, 0.25) is 0 Å². The van der Waals surface area contributed by atoms with Crippen molar-refractivity contribution in [2.75, 3.05) is 0 Å². The SMILES string of the molecule is N#CC(=Cc1ccccc1)c1ccc[nH]1. The predicted octanol–water partition coefficient (Wildman–Crippen LogP) is 3.08. The molecule has 2 heteroatoms. The lowest BCUT2D eigenvalue weighted by molar-refractivity contribution is 1.36. The molecule has 0 bridgehead atoms. The second kappa shape index (κ2) is 4.30. The van der Waals surface area contributed by atoms with Gasteiger partial charge in [-0.05, 0) is 23.8 Å². The van der Waals surface area contributed by atoms with Crippen molar-refractivity contribution in [1.82, 2.24) is 4.98 Å². The number of nitrogens with one attached hydrogen (secondary N) is 1. The molecule has 0 spiro atoms. The molecule has 2 nitrogen and oxygen atoms in total. The quantitative estimate of drug-likeness (QED) is 0.733. The van der Waals surface area contributed by atoms with Crippen LogP contribution < -0.4 is 0 Å². The maximum atomic E-state index is 9.02. The Bertz CT molecular complexity index is 487. The topological polar surface area (TPSA) is 39.6 Å². The Morgan fingerprint density at radius 2 is 1.93 bits per heavy atom. The maximum Gasteiger partial charge on any atom is 0.101 e. The number of nitrogens with zero attached hydrogens (tertiary/aromatic N) is 1. The number of hydrogen-bond donors (Lipinski definition) is 1. The molecule has 15 heavy (non-hydrogen) atoms. The van der Waals surface area contributed by atoms with E-state index in [9.17, 15) is 0 Å². The summed E-state index contributed by atoms with van der Waals surface area (Å²) in [4.78, 5) is 3.02. The Hall–Kier alpha value is -2.27. The van der Waals surface area contributed by atoms with Gasteiger partial charge in [0.15, 0.2) is 0 Å². The van der Waals surface area contributed by atoms with Crippen LogP contribution in [0.1, 0.15) is 11.3 Å². The molecule has 1 heterocycles. The van der Waals surface area contributed by atoms with Gasteiger partial charge in [0.1, 0.15) is 6.07 Å². The van der Waals surface area contributed by atoms with Gasteiger partial charge < -0.3 is 4.98 Å². The fourth-order valence-electron chi connectivity index (χ4n) is 1.38.